The molecule has 2 aromatic carbocycles. The zero-order valence-corrected chi connectivity index (χ0v) is 36.9. The molecule has 0 saturated carbocycles. The molecule has 0 heterocycles. The van der Waals surface area contributed by atoms with Gasteiger partial charge in [0.1, 0.15) is 18.1 Å². The van der Waals surface area contributed by atoms with Crippen molar-refractivity contribution in [2.75, 3.05) is 106 Å². The highest BCUT2D eigenvalue weighted by Crippen LogP contribution is 2.12. The maximum absolute atomic E-state index is 8.54. The average molecular weight is 873 g/mol. The summed E-state index contributed by atoms with van der Waals surface area (Å²) in [6.45, 7) is 7.77. The van der Waals surface area contributed by atoms with Gasteiger partial charge in [0.25, 0.3) is 0 Å². The first-order chi connectivity index (χ1) is 29.1. The Morgan fingerprint density at radius 1 is 0.250 bits per heavy atom. The van der Waals surface area contributed by atoms with Gasteiger partial charge in [0.2, 0.25) is 0 Å². The number of rotatable bonds is 26. The van der Waals surface area contributed by atoms with Crippen LogP contribution in [0.2, 0.25) is 0 Å². The van der Waals surface area contributed by atoms with Gasteiger partial charge < -0.3 is 81.0 Å². The van der Waals surface area contributed by atoms with Crippen molar-refractivity contribution in [2.24, 2.45) is 0 Å². The van der Waals surface area contributed by atoms with Gasteiger partial charge in [-0.05, 0) is 128 Å². The molecule has 0 fully saturated rings. The summed E-state index contributed by atoms with van der Waals surface area (Å²) >= 11 is 0. The Labute approximate surface area is 361 Å². The molecular weight excluding hydrogens is 784 g/mol. The van der Waals surface area contributed by atoms with Crippen LogP contribution in [0.15, 0.2) is 48.5 Å². The largest absolute Gasteiger partial charge is 0.494 e. The number of aryl methyl sites for hydroxylation is 2. The fourth-order valence-electron chi connectivity index (χ4n) is 3.18. The van der Waals surface area contributed by atoms with Crippen molar-refractivity contribution in [3.8, 4) is 11.5 Å². The highest BCUT2D eigenvalue weighted by molar-refractivity contribution is 5.26. The summed E-state index contributed by atoms with van der Waals surface area (Å²) in [4.78, 5) is 0. The summed E-state index contributed by atoms with van der Waals surface area (Å²) in [6, 6.07) is 15.7. The number of benzene rings is 2. The van der Waals surface area contributed by atoms with Crippen LogP contribution in [0.3, 0.4) is 0 Å². The Morgan fingerprint density at radius 2 is 0.433 bits per heavy atom. The van der Waals surface area contributed by atoms with Crippen LogP contribution in [0.4, 0.5) is 0 Å². The van der Waals surface area contributed by atoms with Crippen LogP contribution in [-0.2, 0) is 0 Å². The van der Waals surface area contributed by atoms with E-state index in [0.29, 0.717) is 13.2 Å². The third-order valence-electron chi connectivity index (χ3n) is 6.62. The van der Waals surface area contributed by atoms with E-state index in [1.165, 1.54) is 11.1 Å². The highest BCUT2D eigenvalue weighted by atomic mass is 16.5. The predicted octanol–water partition coefficient (Wildman–Crippen LogP) is 2.02. The van der Waals surface area contributed by atoms with E-state index in [-0.39, 0.29) is 92.5 Å². The van der Waals surface area contributed by atoms with E-state index in [1.807, 2.05) is 55.5 Å². The second-order valence-electron chi connectivity index (χ2n) is 12.4. The molecule has 360 valence electrons. The van der Waals surface area contributed by atoms with Gasteiger partial charge in [-0.15, -0.1) is 0 Å². The maximum Gasteiger partial charge on any atom is 0.119 e. The van der Waals surface area contributed by atoms with Crippen molar-refractivity contribution in [3.63, 3.8) is 0 Å². The molecule has 0 bridgehead atoms. The molecule has 2 rings (SSSR count). The standard InChI is InChI=1S/C11H16O2.C9H12O2.6C4H10O2/c1-10-4-6-11(7-5-10)13-9-3-2-8-12;1-8-2-4-9(5-3-8)11-7-6-10;6*5-3-1-2-4-6/h4-7,12H,2-3,8-9H2,1H3;2-5,10H,6-7H2,1H3;6*5-6H,1-4H2. The summed E-state index contributed by atoms with van der Waals surface area (Å²) in [5.41, 5.74) is 2.45. The number of aliphatic hydroxyl groups is 14. The third-order valence-corrected chi connectivity index (χ3v) is 6.62. The molecule has 0 spiro atoms. The lowest BCUT2D eigenvalue weighted by Gasteiger charge is -2.05. The van der Waals surface area contributed by atoms with Gasteiger partial charge in [0, 0.05) is 85.9 Å². The van der Waals surface area contributed by atoms with Crippen molar-refractivity contribution in [3.05, 3.63) is 59.7 Å². The first-order valence-electron chi connectivity index (χ1n) is 21.1. The molecule has 0 aliphatic heterocycles. The minimum atomic E-state index is 0.0634. The molecule has 0 saturated heterocycles. The van der Waals surface area contributed by atoms with Crippen molar-refractivity contribution in [2.45, 2.75) is 104 Å². The van der Waals surface area contributed by atoms with Crippen LogP contribution in [0.25, 0.3) is 0 Å². The monoisotopic (exact) mass is 873 g/mol. The Morgan fingerprint density at radius 3 is 0.617 bits per heavy atom. The Hall–Kier alpha value is -2.52. The molecule has 0 unspecified atom stereocenters. The van der Waals surface area contributed by atoms with Crippen molar-refractivity contribution < 1.29 is 81.0 Å². The molecule has 14 N–H and O–H groups in total. The van der Waals surface area contributed by atoms with Crippen LogP contribution in [0.5, 0.6) is 11.5 Å². The van der Waals surface area contributed by atoms with Crippen LogP contribution in [-0.4, -0.2) is 177 Å². The summed E-state index contributed by atoms with van der Waals surface area (Å²) < 4.78 is 10.6. The lowest BCUT2D eigenvalue weighted by atomic mass is 10.2. The molecule has 60 heavy (non-hydrogen) atoms. The summed E-state index contributed by atoms with van der Waals surface area (Å²) in [5.74, 6) is 1.72. The van der Waals surface area contributed by atoms with Gasteiger partial charge in [0.15, 0.2) is 0 Å². The minimum absolute atomic E-state index is 0.0634. The van der Waals surface area contributed by atoms with E-state index in [2.05, 4.69) is 6.92 Å². The SMILES string of the molecule is Cc1ccc(OCCCCO)cc1.Cc1ccc(OCCO)cc1.OCCCCO.OCCCCO.OCCCCO.OCCCCO.OCCCCO.OCCCCO. The number of ether oxygens (including phenoxy) is 2. The van der Waals surface area contributed by atoms with E-state index < -0.39 is 0 Å². The van der Waals surface area contributed by atoms with E-state index in [1.54, 1.807) is 0 Å². The Bertz CT molecular complexity index is 839. The highest BCUT2D eigenvalue weighted by Gasteiger charge is 1.93. The van der Waals surface area contributed by atoms with Gasteiger partial charge in [0.05, 0.1) is 13.2 Å². The summed E-state index contributed by atoms with van der Waals surface area (Å²) in [6.07, 6.45) is 10.3. The van der Waals surface area contributed by atoms with E-state index in [9.17, 15) is 0 Å². The molecule has 0 aromatic heterocycles. The quantitative estimate of drug-likeness (QED) is 0.0602. The molecule has 16 heteroatoms. The smallest absolute Gasteiger partial charge is 0.119 e. The minimum Gasteiger partial charge on any atom is -0.494 e. The van der Waals surface area contributed by atoms with E-state index >= 15 is 0 Å². The lowest BCUT2D eigenvalue weighted by Crippen LogP contribution is -2.01. The van der Waals surface area contributed by atoms with Gasteiger partial charge in [-0.2, -0.15) is 0 Å². The second kappa shape index (κ2) is 71.0. The van der Waals surface area contributed by atoms with Crippen LogP contribution < -0.4 is 9.47 Å². The normalized spacial score (nSPS) is 9.33. The molecule has 2 aromatic rings. The predicted molar refractivity (Wildman–Crippen MR) is 237 cm³/mol. The number of hydrogen-bond acceptors (Lipinski definition) is 16. The summed E-state index contributed by atoms with van der Waals surface area (Å²) in [7, 11) is 0. The van der Waals surface area contributed by atoms with Crippen LogP contribution >= 0.6 is 0 Å². The first kappa shape index (κ1) is 69.2. The molecule has 0 radical (unpaired) electrons. The fraction of sp³-hybridized carbons (Fsp3) is 0.727. The Balaban J connectivity index is -0.000000143. The zero-order valence-electron chi connectivity index (χ0n) is 36.9. The van der Waals surface area contributed by atoms with Gasteiger partial charge >= 0.3 is 0 Å². The fourth-order valence-corrected chi connectivity index (χ4v) is 3.18. The second-order valence-corrected chi connectivity index (χ2v) is 12.4. The average Bonchev–Trinajstić information content (AvgIpc) is 3.28. The first-order valence-corrected chi connectivity index (χ1v) is 21.1. The van der Waals surface area contributed by atoms with Gasteiger partial charge in [-0.25, -0.2) is 0 Å². The van der Waals surface area contributed by atoms with Crippen molar-refractivity contribution >= 4 is 0 Å². The molecule has 0 amide bonds. The summed E-state index contributed by atoms with van der Waals surface area (Å²) in [5, 5.41) is 114. The molecule has 0 aliphatic carbocycles. The van der Waals surface area contributed by atoms with Gasteiger partial charge in [-0.1, -0.05) is 35.4 Å². The number of aliphatic hydroxyl groups excluding tert-OH is 14. The van der Waals surface area contributed by atoms with Crippen molar-refractivity contribution in [1.82, 2.24) is 0 Å². The van der Waals surface area contributed by atoms with Crippen LogP contribution in [0, 0.1) is 13.8 Å². The Kier molecular flexibility index (Phi) is 81.9. The van der Waals surface area contributed by atoms with Gasteiger partial charge in [-0.3, -0.25) is 0 Å². The van der Waals surface area contributed by atoms with Crippen molar-refractivity contribution in [1.29, 1.82) is 0 Å². The number of hydrogen-bond donors (Lipinski definition) is 14. The number of unbranched alkanes of at least 4 members (excludes halogenated alkanes) is 7. The van der Waals surface area contributed by atoms with Crippen LogP contribution in [0.1, 0.15) is 101 Å². The van der Waals surface area contributed by atoms with E-state index in [0.717, 1.165) is 101 Å². The maximum atomic E-state index is 8.54. The molecule has 16 nitrogen and oxygen atoms in total. The molecule has 0 aliphatic rings. The molecule has 0 atom stereocenters. The van der Waals surface area contributed by atoms with E-state index in [4.69, 9.17) is 81.0 Å². The third kappa shape index (κ3) is 79.6. The zero-order chi connectivity index (χ0) is 46.6. The molecular formula is C44H88O16. The topological polar surface area (TPSA) is 302 Å². The lowest BCUT2D eigenvalue weighted by molar-refractivity contribution is 0.201.